The number of aromatic nitrogens is 2. The number of anilines is 2. The number of hydrogen-bond acceptors (Lipinski definition) is 3. The number of ether oxygens (including phenoxy) is 1. The fourth-order valence-electron chi connectivity index (χ4n) is 3.43. The Morgan fingerprint density at radius 3 is 2.16 bits per heavy atom. The number of methoxy groups -OCH3 is 1. The van der Waals surface area contributed by atoms with Crippen molar-refractivity contribution < 1.29 is 9.53 Å². The zero-order valence-electron chi connectivity index (χ0n) is 14.4. The van der Waals surface area contributed by atoms with Crippen molar-refractivity contribution in [2.24, 2.45) is 0 Å². The molecular weight excluding hydrogens is 314 g/mol. The molecule has 5 heteroatoms. The molecule has 0 aliphatic carbocycles. The van der Waals surface area contributed by atoms with E-state index in [1.165, 1.54) is 0 Å². The highest BCUT2D eigenvalue weighted by molar-refractivity contribution is 6.09. The topological polar surface area (TPSA) is 47.4 Å². The van der Waals surface area contributed by atoms with E-state index in [4.69, 9.17) is 4.74 Å². The van der Waals surface area contributed by atoms with Crippen LogP contribution in [0.1, 0.15) is 16.8 Å². The summed E-state index contributed by atoms with van der Waals surface area (Å²) < 4.78 is 7.56. The van der Waals surface area contributed by atoms with Crippen molar-refractivity contribution in [2.45, 2.75) is 19.6 Å². The highest BCUT2D eigenvalue weighted by Gasteiger charge is 2.55. The van der Waals surface area contributed by atoms with Crippen LogP contribution in [0, 0.1) is 13.8 Å². The molecule has 0 bridgehead atoms. The third-order valence-corrected chi connectivity index (χ3v) is 4.81. The summed E-state index contributed by atoms with van der Waals surface area (Å²) in [6, 6.07) is 19.1. The van der Waals surface area contributed by atoms with E-state index in [0.29, 0.717) is 0 Å². The van der Waals surface area contributed by atoms with Crippen LogP contribution < -0.4 is 4.90 Å². The molecule has 3 aromatic rings. The molecule has 0 saturated carbocycles. The van der Waals surface area contributed by atoms with Crippen molar-refractivity contribution in [3.63, 3.8) is 0 Å². The van der Waals surface area contributed by atoms with Crippen LogP contribution in [0.3, 0.4) is 0 Å². The molecule has 1 amide bonds. The number of hydrogen-bond donors (Lipinski definition) is 0. The Balaban J connectivity index is 2.03. The number of para-hydroxylation sites is 1. The second-order valence-electron chi connectivity index (χ2n) is 6.14. The zero-order chi connectivity index (χ0) is 17.6. The minimum atomic E-state index is -1.30. The average molecular weight is 333 g/mol. The van der Waals surface area contributed by atoms with Gasteiger partial charge in [-0.3, -0.25) is 9.69 Å². The molecule has 2 aromatic carbocycles. The van der Waals surface area contributed by atoms with Gasteiger partial charge in [0, 0.05) is 18.2 Å². The fourth-order valence-corrected chi connectivity index (χ4v) is 3.43. The van der Waals surface area contributed by atoms with Crippen molar-refractivity contribution in [2.75, 3.05) is 12.0 Å². The molecule has 0 saturated heterocycles. The van der Waals surface area contributed by atoms with E-state index in [0.717, 1.165) is 28.3 Å². The van der Waals surface area contributed by atoms with Crippen molar-refractivity contribution >= 4 is 17.4 Å². The lowest BCUT2D eigenvalue weighted by Gasteiger charge is -2.27. The number of aryl methyl sites for hydroxylation is 1. The maximum absolute atomic E-state index is 13.6. The van der Waals surface area contributed by atoms with Gasteiger partial charge in [0.15, 0.2) is 0 Å². The number of amides is 1. The first kappa shape index (κ1) is 15.6. The molecule has 1 atom stereocenters. The Bertz CT molecular complexity index is 934. The van der Waals surface area contributed by atoms with E-state index in [-0.39, 0.29) is 5.91 Å². The summed E-state index contributed by atoms with van der Waals surface area (Å²) >= 11 is 0. The van der Waals surface area contributed by atoms with Crippen LogP contribution >= 0.6 is 0 Å². The van der Waals surface area contributed by atoms with Gasteiger partial charge in [-0.1, -0.05) is 48.5 Å². The molecule has 126 valence electrons. The van der Waals surface area contributed by atoms with Crippen molar-refractivity contribution in [1.29, 1.82) is 0 Å². The molecule has 0 spiro atoms. The molecule has 0 N–H and O–H groups in total. The number of fused-ring (bicyclic) bond motifs is 1. The van der Waals surface area contributed by atoms with Gasteiger partial charge >= 0.3 is 0 Å². The van der Waals surface area contributed by atoms with Gasteiger partial charge < -0.3 is 4.74 Å². The number of carbonyl (C=O) groups is 1. The van der Waals surface area contributed by atoms with Gasteiger partial charge in [0.1, 0.15) is 5.82 Å². The molecule has 5 nitrogen and oxygen atoms in total. The standard InChI is InChI=1S/C20H19N3O2/c1-14-15(2)21-23-18(14)22(17-12-8-5-9-13-17)19(24)20(23,25-3)16-10-6-4-7-11-16/h4-13H,1-3H3. The molecule has 0 radical (unpaired) electrons. The van der Waals surface area contributed by atoms with Crippen LogP contribution in [-0.4, -0.2) is 22.8 Å². The Hall–Kier alpha value is -2.92. The van der Waals surface area contributed by atoms with Gasteiger partial charge in [-0.2, -0.15) is 5.10 Å². The first-order valence-electron chi connectivity index (χ1n) is 8.18. The Kier molecular flexibility index (Phi) is 3.47. The SMILES string of the molecule is COC1(c2ccccc2)C(=O)N(c2ccccc2)c2c(C)c(C)nn21. The predicted octanol–water partition coefficient (Wildman–Crippen LogP) is 3.53. The molecule has 1 aromatic heterocycles. The van der Waals surface area contributed by atoms with Gasteiger partial charge in [-0.15, -0.1) is 0 Å². The van der Waals surface area contributed by atoms with Crippen molar-refractivity contribution in [3.8, 4) is 0 Å². The lowest BCUT2D eigenvalue weighted by molar-refractivity contribution is -0.143. The van der Waals surface area contributed by atoms with E-state index >= 15 is 0 Å². The molecule has 25 heavy (non-hydrogen) atoms. The van der Waals surface area contributed by atoms with Gasteiger partial charge in [-0.05, 0) is 26.0 Å². The van der Waals surface area contributed by atoms with Crippen LogP contribution in [0.5, 0.6) is 0 Å². The van der Waals surface area contributed by atoms with E-state index in [1.807, 2.05) is 74.5 Å². The minimum absolute atomic E-state index is 0.169. The molecular formula is C20H19N3O2. The maximum Gasteiger partial charge on any atom is 0.293 e. The van der Waals surface area contributed by atoms with E-state index in [2.05, 4.69) is 5.10 Å². The van der Waals surface area contributed by atoms with Gasteiger partial charge in [-0.25, -0.2) is 4.68 Å². The summed E-state index contributed by atoms with van der Waals surface area (Å²) in [4.78, 5) is 15.3. The van der Waals surface area contributed by atoms with Gasteiger partial charge in [0.05, 0.1) is 11.4 Å². The van der Waals surface area contributed by atoms with Crippen molar-refractivity contribution in [1.82, 2.24) is 9.78 Å². The molecule has 1 aliphatic rings. The van der Waals surface area contributed by atoms with Crippen LogP contribution in [0.2, 0.25) is 0 Å². The normalized spacial score (nSPS) is 19.3. The van der Waals surface area contributed by atoms with Crippen LogP contribution in [-0.2, 0) is 15.3 Å². The van der Waals surface area contributed by atoms with E-state index in [9.17, 15) is 4.79 Å². The third kappa shape index (κ3) is 1.99. The monoisotopic (exact) mass is 333 g/mol. The minimum Gasteiger partial charge on any atom is -0.345 e. The van der Waals surface area contributed by atoms with E-state index < -0.39 is 5.72 Å². The Labute approximate surface area is 146 Å². The molecule has 4 rings (SSSR count). The second kappa shape index (κ2) is 5.57. The van der Waals surface area contributed by atoms with Crippen LogP contribution in [0.15, 0.2) is 60.7 Å². The number of carbonyl (C=O) groups excluding carboxylic acids is 1. The zero-order valence-corrected chi connectivity index (χ0v) is 14.4. The summed E-state index contributed by atoms with van der Waals surface area (Å²) in [5.74, 6) is 0.581. The quantitative estimate of drug-likeness (QED) is 0.737. The predicted molar refractivity (Wildman–Crippen MR) is 95.8 cm³/mol. The summed E-state index contributed by atoms with van der Waals surface area (Å²) in [6.45, 7) is 3.92. The third-order valence-electron chi connectivity index (χ3n) is 4.81. The number of nitrogens with zero attached hydrogens (tertiary/aromatic N) is 3. The largest absolute Gasteiger partial charge is 0.345 e. The first-order chi connectivity index (χ1) is 12.1. The number of benzene rings is 2. The second-order valence-corrected chi connectivity index (χ2v) is 6.14. The highest BCUT2D eigenvalue weighted by atomic mass is 16.5. The average Bonchev–Trinajstić information content (AvgIpc) is 3.08. The summed E-state index contributed by atoms with van der Waals surface area (Å²) in [7, 11) is 1.55. The molecule has 1 unspecified atom stereocenters. The van der Waals surface area contributed by atoms with Crippen LogP contribution in [0.25, 0.3) is 0 Å². The fraction of sp³-hybridized carbons (Fsp3) is 0.200. The molecule has 1 aliphatic heterocycles. The summed E-state index contributed by atoms with van der Waals surface area (Å²) in [5.41, 5.74) is 2.09. The Morgan fingerprint density at radius 2 is 1.56 bits per heavy atom. The number of rotatable bonds is 3. The highest BCUT2D eigenvalue weighted by Crippen LogP contribution is 2.45. The molecule has 0 fully saturated rings. The maximum atomic E-state index is 13.6. The first-order valence-corrected chi connectivity index (χ1v) is 8.18. The summed E-state index contributed by atoms with van der Waals surface area (Å²) in [5, 5.41) is 4.65. The molecule has 2 heterocycles. The lowest BCUT2D eigenvalue weighted by atomic mass is 10.0. The Morgan fingerprint density at radius 1 is 0.960 bits per heavy atom. The summed E-state index contributed by atoms with van der Waals surface area (Å²) in [6.07, 6.45) is 0. The smallest absolute Gasteiger partial charge is 0.293 e. The van der Waals surface area contributed by atoms with Crippen molar-refractivity contribution in [3.05, 3.63) is 77.5 Å². The lowest BCUT2D eigenvalue weighted by Crippen LogP contribution is -2.45. The van der Waals surface area contributed by atoms with E-state index in [1.54, 1.807) is 16.7 Å². The van der Waals surface area contributed by atoms with Gasteiger partial charge in [0.2, 0.25) is 0 Å². The van der Waals surface area contributed by atoms with Gasteiger partial charge in [0.25, 0.3) is 11.6 Å². The van der Waals surface area contributed by atoms with Crippen LogP contribution in [0.4, 0.5) is 11.5 Å².